The van der Waals surface area contributed by atoms with Gasteiger partial charge in [0.2, 0.25) is 0 Å². The highest BCUT2D eigenvalue weighted by Gasteiger charge is 2.17. The maximum absolute atomic E-state index is 6.21. The van der Waals surface area contributed by atoms with Gasteiger partial charge in [0, 0.05) is 24.0 Å². The molecule has 21 heavy (non-hydrogen) atoms. The lowest BCUT2D eigenvalue weighted by molar-refractivity contribution is 0.826. The van der Waals surface area contributed by atoms with Crippen molar-refractivity contribution in [3.05, 3.63) is 34.6 Å². The van der Waals surface area contributed by atoms with Gasteiger partial charge in [0.05, 0.1) is 5.02 Å². The molecule has 0 fully saturated rings. The molecule has 0 aliphatic rings. The first-order valence-electron chi connectivity index (χ1n) is 7.27. The molecule has 0 amide bonds. The fraction of sp³-hybridized carbons (Fsp3) is 0.438. The van der Waals surface area contributed by atoms with Gasteiger partial charge in [-0.3, -0.25) is 4.98 Å². The van der Waals surface area contributed by atoms with Crippen LogP contribution in [0.1, 0.15) is 44.4 Å². The molecular formula is C16H21ClN4. The minimum Gasteiger partial charge on any atom is -0.370 e. The molecule has 0 bridgehead atoms. The van der Waals surface area contributed by atoms with Crippen LogP contribution in [0, 0.1) is 6.92 Å². The van der Waals surface area contributed by atoms with Crippen LogP contribution in [0.4, 0.5) is 5.82 Å². The highest BCUT2D eigenvalue weighted by atomic mass is 35.5. The lowest BCUT2D eigenvalue weighted by Gasteiger charge is -2.17. The monoisotopic (exact) mass is 304 g/mol. The summed E-state index contributed by atoms with van der Waals surface area (Å²) in [4.78, 5) is 13.6. The number of nitrogens with one attached hydrogen (secondary N) is 1. The van der Waals surface area contributed by atoms with E-state index in [0.717, 1.165) is 30.0 Å². The predicted molar refractivity (Wildman–Crippen MR) is 87.9 cm³/mol. The molecule has 0 saturated carbocycles. The molecule has 0 aliphatic heterocycles. The van der Waals surface area contributed by atoms with Gasteiger partial charge in [-0.15, -0.1) is 0 Å². The summed E-state index contributed by atoms with van der Waals surface area (Å²) in [5.74, 6) is 1.81. The number of rotatable bonds is 5. The third kappa shape index (κ3) is 3.50. The van der Waals surface area contributed by atoms with Crippen molar-refractivity contribution < 1.29 is 0 Å². The quantitative estimate of drug-likeness (QED) is 0.887. The SMILES string of the molecule is CCCNc1nc(-c2ncccc2Cl)nc(C)c1C(C)C. The van der Waals surface area contributed by atoms with E-state index in [1.807, 2.05) is 6.92 Å². The van der Waals surface area contributed by atoms with E-state index in [-0.39, 0.29) is 0 Å². The number of hydrogen-bond donors (Lipinski definition) is 1. The second-order valence-electron chi connectivity index (χ2n) is 5.31. The first kappa shape index (κ1) is 15.7. The summed E-state index contributed by atoms with van der Waals surface area (Å²) in [6, 6.07) is 3.61. The Morgan fingerprint density at radius 2 is 2.05 bits per heavy atom. The molecule has 1 N–H and O–H groups in total. The number of pyridine rings is 1. The first-order chi connectivity index (χ1) is 10.0. The van der Waals surface area contributed by atoms with Gasteiger partial charge >= 0.3 is 0 Å². The molecule has 2 aromatic heterocycles. The molecule has 2 rings (SSSR count). The Hall–Kier alpha value is -1.68. The van der Waals surface area contributed by atoms with E-state index in [4.69, 9.17) is 11.6 Å². The van der Waals surface area contributed by atoms with Crippen molar-refractivity contribution in [2.24, 2.45) is 0 Å². The smallest absolute Gasteiger partial charge is 0.181 e. The lowest BCUT2D eigenvalue weighted by atomic mass is 10.0. The highest BCUT2D eigenvalue weighted by molar-refractivity contribution is 6.32. The fourth-order valence-corrected chi connectivity index (χ4v) is 2.51. The Morgan fingerprint density at radius 3 is 2.67 bits per heavy atom. The molecule has 4 nitrogen and oxygen atoms in total. The molecule has 0 aliphatic carbocycles. The minimum absolute atomic E-state index is 0.359. The van der Waals surface area contributed by atoms with Crippen molar-refractivity contribution in [3.63, 3.8) is 0 Å². The van der Waals surface area contributed by atoms with Crippen molar-refractivity contribution in [1.82, 2.24) is 15.0 Å². The Balaban J connectivity index is 2.54. The molecule has 2 heterocycles. The molecule has 0 spiro atoms. The van der Waals surface area contributed by atoms with Crippen LogP contribution in [-0.2, 0) is 0 Å². The van der Waals surface area contributed by atoms with Crippen LogP contribution in [0.5, 0.6) is 0 Å². The maximum Gasteiger partial charge on any atom is 0.181 e. The number of aryl methyl sites for hydroxylation is 1. The van der Waals surface area contributed by atoms with E-state index < -0.39 is 0 Å². The molecule has 5 heteroatoms. The summed E-state index contributed by atoms with van der Waals surface area (Å²) in [5, 5.41) is 3.96. The first-order valence-corrected chi connectivity index (χ1v) is 7.65. The highest BCUT2D eigenvalue weighted by Crippen LogP contribution is 2.29. The number of halogens is 1. The van der Waals surface area contributed by atoms with E-state index in [2.05, 4.69) is 41.0 Å². The number of nitrogens with zero attached hydrogens (tertiary/aromatic N) is 3. The standard InChI is InChI=1S/C16H21ClN4/c1-5-8-19-15-13(10(2)3)11(4)20-16(21-15)14-12(17)7-6-9-18-14/h6-7,9-10H,5,8H2,1-4H3,(H,19,20,21). The van der Waals surface area contributed by atoms with Crippen molar-refractivity contribution >= 4 is 17.4 Å². The minimum atomic E-state index is 0.359. The zero-order valence-electron chi connectivity index (χ0n) is 12.9. The Labute approximate surface area is 131 Å². The third-order valence-electron chi connectivity index (χ3n) is 3.23. The van der Waals surface area contributed by atoms with Crippen LogP contribution in [0.25, 0.3) is 11.5 Å². The normalized spacial score (nSPS) is 11.0. The Morgan fingerprint density at radius 1 is 1.29 bits per heavy atom. The zero-order chi connectivity index (χ0) is 15.4. The van der Waals surface area contributed by atoms with Crippen LogP contribution in [-0.4, -0.2) is 21.5 Å². The fourth-order valence-electron chi connectivity index (χ4n) is 2.31. The van der Waals surface area contributed by atoms with E-state index in [1.165, 1.54) is 0 Å². The molecule has 112 valence electrons. The molecule has 2 aromatic rings. The van der Waals surface area contributed by atoms with Gasteiger partial charge in [-0.2, -0.15) is 0 Å². The van der Waals surface area contributed by atoms with Crippen molar-refractivity contribution in [1.29, 1.82) is 0 Å². The van der Waals surface area contributed by atoms with Crippen LogP contribution >= 0.6 is 11.6 Å². The topological polar surface area (TPSA) is 50.7 Å². The summed E-state index contributed by atoms with van der Waals surface area (Å²) < 4.78 is 0. The van der Waals surface area contributed by atoms with Gasteiger partial charge in [-0.25, -0.2) is 9.97 Å². The zero-order valence-corrected chi connectivity index (χ0v) is 13.7. The van der Waals surface area contributed by atoms with Gasteiger partial charge in [0.1, 0.15) is 11.5 Å². The predicted octanol–water partition coefficient (Wildman–Crippen LogP) is 4.45. The average molecular weight is 305 g/mol. The van der Waals surface area contributed by atoms with Crippen LogP contribution in [0.3, 0.4) is 0 Å². The van der Waals surface area contributed by atoms with Gasteiger partial charge in [-0.05, 0) is 31.4 Å². The summed E-state index contributed by atoms with van der Waals surface area (Å²) >= 11 is 6.21. The number of hydrogen-bond acceptors (Lipinski definition) is 4. The second kappa shape index (κ2) is 6.85. The summed E-state index contributed by atoms with van der Waals surface area (Å²) in [5.41, 5.74) is 2.74. The number of aromatic nitrogens is 3. The summed E-state index contributed by atoms with van der Waals surface area (Å²) in [6.07, 6.45) is 2.75. The van der Waals surface area contributed by atoms with Crippen LogP contribution < -0.4 is 5.32 Å². The molecule has 0 radical (unpaired) electrons. The van der Waals surface area contributed by atoms with Crippen molar-refractivity contribution in [2.45, 2.75) is 40.0 Å². The van der Waals surface area contributed by atoms with E-state index >= 15 is 0 Å². The van der Waals surface area contributed by atoms with E-state index in [0.29, 0.717) is 22.5 Å². The number of anilines is 1. The second-order valence-corrected chi connectivity index (χ2v) is 5.72. The maximum atomic E-state index is 6.21. The largest absolute Gasteiger partial charge is 0.370 e. The molecule has 0 unspecified atom stereocenters. The van der Waals surface area contributed by atoms with Crippen LogP contribution in [0.2, 0.25) is 5.02 Å². The van der Waals surface area contributed by atoms with Gasteiger partial charge in [0.25, 0.3) is 0 Å². The molecule has 0 saturated heterocycles. The molecule has 0 atom stereocenters. The van der Waals surface area contributed by atoms with Crippen LogP contribution in [0.15, 0.2) is 18.3 Å². The van der Waals surface area contributed by atoms with Gasteiger partial charge in [-0.1, -0.05) is 32.4 Å². The molecule has 0 aromatic carbocycles. The Kier molecular flexibility index (Phi) is 5.12. The van der Waals surface area contributed by atoms with E-state index in [9.17, 15) is 0 Å². The van der Waals surface area contributed by atoms with E-state index in [1.54, 1.807) is 18.3 Å². The Bertz CT molecular complexity index is 626. The molecular weight excluding hydrogens is 284 g/mol. The lowest BCUT2D eigenvalue weighted by Crippen LogP contribution is -2.11. The van der Waals surface area contributed by atoms with Crippen molar-refractivity contribution in [2.75, 3.05) is 11.9 Å². The average Bonchev–Trinajstić information content (AvgIpc) is 2.44. The summed E-state index contributed by atoms with van der Waals surface area (Å²) in [6.45, 7) is 9.32. The van der Waals surface area contributed by atoms with Gasteiger partial charge < -0.3 is 5.32 Å². The summed E-state index contributed by atoms with van der Waals surface area (Å²) in [7, 11) is 0. The van der Waals surface area contributed by atoms with Gasteiger partial charge in [0.15, 0.2) is 5.82 Å². The third-order valence-corrected chi connectivity index (χ3v) is 3.53. The van der Waals surface area contributed by atoms with Crippen molar-refractivity contribution in [3.8, 4) is 11.5 Å².